The highest BCUT2D eigenvalue weighted by molar-refractivity contribution is 5.81. The van der Waals surface area contributed by atoms with E-state index in [0.717, 1.165) is 17.8 Å². The topological polar surface area (TPSA) is 49.6 Å². The van der Waals surface area contributed by atoms with Crippen molar-refractivity contribution in [3.63, 3.8) is 0 Å². The Morgan fingerprint density at radius 3 is 2.26 bits per heavy atom. The number of rotatable bonds is 6. The molecule has 4 nitrogen and oxygen atoms in total. The van der Waals surface area contributed by atoms with Gasteiger partial charge in [0.05, 0.1) is 6.54 Å². The van der Waals surface area contributed by atoms with Crippen LogP contribution in [0.2, 0.25) is 0 Å². The fourth-order valence-corrected chi connectivity index (χ4v) is 1.84. The van der Waals surface area contributed by atoms with Crippen molar-refractivity contribution in [2.45, 2.75) is 33.4 Å². The molecule has 0 radical (unpaired) electrons. The fraction of sp³-hybridized carbons (Fsp3) is 0.533. The lowest BCUT2D eigenvalue weighted by Crippen LogP contribution is -2.41. The summed E-state index contributed by atoms with van der Waals surface area (Å²) >= 11 is 0. The molecule has 0 unspecified atom stereocenters. The van der Waals surface area contributed by atoms with Gasteiger partial charge in [0.1, 0.15) is 0 Å². The number of nitrogens with zero attached hydrogens (tertiary/aromatic N) is 2. The number of nitrogens with two attached hydrogens (primary N) is 1. The van der Waals surface area contributed by atoms with Crippen molar-refractivity contribution in [3.05, 3.63) is 29.8 Å². The number of carbonyl (C=O) groups is 1. The van der Waals surface area contributed by atoms with Gasteiger partial charge in [0, 0.05) is 31.9 Å². The molecule has 0 saturated carbocycles. The molecule has 0 spiro atoms. The van der Waals surface area contributed by atoms with Gasteiger partial charge >= 0.3 is 0 Å². The third-order valence-electron chi connectivity index (χ3n) is 3.33. The Hall–Kier alpha value is -1.55. The molecule has 106 valence electrons. The summed E-state index contributed by atoms with van der Waals surface area (Å²) in [4.78, 5) is 15.9. The number of likely N-dealkylation sites (N-methyl/N-ethyl adjacent to an activating group) is 1. The maximum Gasteiger partial charge on any atom is 0.241 e. The molecule has 1 aromatic rings. The number of carbonyl (C=O) groups excluding carboxylic acids is 1. The molecule has 0 aromatic heterocycles. The van der Waals surface area contributed by atoms with Crippen molar-refractivity contribution in [1.29, 1.82) is 0 Å². The average Bonchev–Trinajstić information content (AvgIpc) is 2.43. The van der Waals surface area contributed by atoms with E-state index in [1.165, 1.54) is 0 Å². The van der Waals surface area contributed by atoms with Gasteiger partial charge in [0.15, 0.2) is 0 Å². The summed E-state index contributed by atoms with van der Waals surface area (Å²) in [6.07, 6.45) is 0. The zero-order chi connectivity index (χ0) is 14.4. The Morgan fingerprint density at radius 1 is 1.26 bits per heavy atom. The summed E-state index contributed by atoms with van der Waals surface area (Å²) in [5.74, 6) is 0.138. The molecule has 0 aliphatic heterocycles. The highest BCUT2D eigenvalue weighted by atomic mass is 16.2. The second-order valence-electron chi connectivity index (χ2n) is 5.00. The van der Waals surface area contributed by atoms with Crippen LogP contribution in [0.3, 0.4) is 0 Å². The second-order valence-corrected chi connectivity index (χ2v) is 5.00. The van der Waals surface area contributed by atoms with Crippen LogP contribution in [-0.4, -0.2) is 37.0 Å². The molecule has 1 aromatic carbocycles. The SMILES string of the molecule is CCN(C)C(=O)CN(c1ccc(CN)cc1)C(C)C. The first-order valence-electron chi connectivity index (χ1n) is 6.79. The molecular weight excluding hydrogens is 238 g/mol. The van der Waals surface area contributed by atoms with Gasteiger partial charge in [-0.1, -0.05) is 12.1 Å². The fourth-order valence-electron chi connectivity index (χ4n) is 1.84. The summed E-state index contributed by atoms with van der Waals surface area (Å²) in [5.41, 5.74) is 7.76. The first kappa shape index (κ1) is 15.5. The van der Waals surface area contributed by atoms with E-state index in [1.807, 2.05) is 38.2 Å². The van der Waals surface area contributed by atoms with Crippen molar-refractivity contribution in [2.24, 2.45) is 5.73 Å². The van der Waals surface area contributed by atoms with E-state index in [1.54, 1.807) is 4.90 Å². The molecule has 0 aliphatic carbocycles. The number of benzene rings is 1. The highest BCUT2D eigenvalue weighted by Crippen LogP contribution is 2.18. The van der Waals surface area contributed by atoms with Gasteiger partial charge in [-0.25, -0.2) is 0 Å². The van der Waals surface area contributed by atoms with Crippen LogP contribution in [0, 0.1) is 0 Å². The van der Waals surface area contributed by atoms with Gasteiger partial charge in [-0.05, 0) is 38.5 Å². The Bertz CT molecular complexity index is 400. The van der Waals surface area contributed by atoms with E-state index in [9.17, 15) is 4.79 Å². The summed E-state index contributed by atoms with van der Waals surface area (Å²) in [7, 11) is 1.83. The van der Waals surface area contributed by atoms with Crippen LogP contribution < -0.4 is 10.6 Å². The molecule has 4 heteroatoms. The molecule has 0 bridgehead atoms. The quantitative estimate of drug-likeness (QED) is 0.852. The van der Waals surface area contributed by atoms with E-state index in [-0.39, 0.29) is 11.9 Å². The summed E-state index contributed by atoms with van der Waals surface area (Å²) in [6, 6.07) is 8.36. The molecule has 0 atom stereocenters. The Balaban J connectivity index is 2.84. The molecule has 0 heterocycles. The zero-order valence-corrected chi connectivity index (χ0v) is 12.4. The first-order valence-corrected chi connectivity index (χ1v) is 6.79. The monoisotopic (exact) mass is 263 g/mol. The van der Waals surface area contributed by atoms with Crippen LogP contribution in [0.25, 0.3) is 0 Å². The van der Waals surface area contributed by atoms with Crippen LogP contribution in [0.15, 0.2) is 24.3 Å². The molecule has 19 heavy (non-hydrogen) atoms. The largest absolute Gasteiger partial charge is 0.360 e. The molecule has 2 N–H and O–H groups in total. The predicted octanol–water partition coefficient (Wildman–Crippen LogP) is 1.84. The van der Waals surface area contributed by atoms with Crippen LogP contribution in [0.1, 0.15) is 26.3 Å². The summed E-state index contributed by atoms with van der Waals surface area (Å²) in [5, 5.41) is 0. The molecule has 1 amide bonds. The lowest BCUT2D eigenvalue weighted by Gasteiger charge is -2.30. The predicted molar refractivity (Wildman–Crippen MR) is 80.1 cm³/mol. The first-order chi connectivity index (χ1) is 8.99. The minimum Gasteiger partial charge on any atom is -0.360 e. The molecule has 1 rings (SSSR count). The lowest BCUT2D eigenvalue weighted by atomic mass is 10.1. The Morgan fingerprint density at radius 2 is 1.84 bits per heavy atom. The summed E-state index contributed by atoms with van der Waals surface area (Å²) < 4.78 is 0. The van der Waals surface area contributed by atoms with Crippen LogP contribution in [-0.2, 0) is 11.3 Å². The third-order valence-corrected chi connectivity index (χ3v) is 3.33. The number of anilines is 1. The molecule has 0 saturated heterocycles. The molecular formula is C15H25N3O. The van der Waals surface area contributed by atoms with Gasteiger partial charge in [0.25, 0.3) is 0 Å². The van der Waals surface area contributed by atoms with Crippen molar-refractivity contribution in [3.8, 4) is 0 Å². The molecule has 0 aliphatic rings. The van der Waals surface area contributed by atoms with Crippen LogP contribution >= 0.6 is 0 Å². The zero-order valence-electron chi connectivity index (χ0n) is 12.4. The number of hydrogen-bond acceptors (Lipinski definition) is 3. The van der Waals surface area contributed by atoms with Gasteiger partial charge < -0.3 is 15.5 Å². The van der Waals surface area contributed by atoms with Crippen molar-refractivity contribution in [2.75, 3.05) is 25.0 Å². The van der Waals surface area contributed by atoms with Crippen LogP contribution in [0.5, 0.6) is 0 Å². The summed E-state index contributed by atoms with van der Waals surface area (Å²) in [6.45, 7) is 7.85. The average molecular weight is 263 g/mol. The lowest BCUT2D eigenvalue weighted by molar-refractivity contribution is -0.128. The van der Waals surface area contributed by atoms with E-state index < -0.39 is 0 Å². The minimum atomic E-state index is 0.138. The maximum atomic E-state index is 12.0. The smallest absolute Gasteiger partial charge is 0.241 e. The Kier molecular flexibility index (Phi) is 5.83. The van der Waals surface area contributed by atoms with Crippen molar-refractivity contribution >= 4 is 11.6 Å². The van der Waals surface area contributed by atoms with Gasteiger partial charge in [-0.2, -0.15) is 0 Å². The van der Waals surface area contributed by atoms with Gasteiger partial charge in [-0.3, -0.25) is 4.79 Å². The number of amides is 1. The van der Waals surface area contributed by atoms with E-state index >= 15 is 0 Å². The normalized spacial score (nSPS) is 10.6. The number of hydrogen-bond donors (Lipinski definition) is 1. The minimum absolute atomic E-state index is 0.138. The van der Waals surface area contributed by atoms with E-state index in [0.29, 0.717) is 13.1 Å². The van der Waals surface area contributed by atoms with Crippen LogP contribution in [0.4, 0.5) is 5.69 Å². The van der Waals surface area contributed by atoms with Gasteiger partial charge in [-0.15, -0.1) is 0 Å². The molecule has 0 fully saturated rings. The third kappa shape index (κ3) is 4.24. The van der Waals surface area contributed by atoms with Gasteiger partial charge in [0.2, 0.25) is 5.91 Å². The van der Waals surface area contributed by atoms with E-state index in [2.05, 4.69) is 18.7 Å². The van der Waals surface area contributed by atoms with E-state index in [4.69, 9.17) is 5.73 Å². The van der Waals surface area contributed by atoms with Crippen molar-refractivity contribution in [1.82, 2.24) is 4.90 Å². The maximum absolute atomic E-state index is 12.0. The highest BCUT2D eigenvalue weighted by Gasteiger charge is 2.16. The van der Waals surface area contributed by atoms with Crippen molar-refractivity contribution < 1.29 is 4.79 Å². The second kappa shape index (κ2) is 7.14. The Labute approximate surface area is 116 Å². The standard InChI is InChI=1S/C15H25N3O/c1-5-17(4)15(19)11-18(12(2)3)14-8-6-13(10-16)7-9-14/h6-9,12H,5,10-11,16H2,1-4H3.